The zero-order chi connectivity index (χ0) is 7.90. The molecule has 11 heavy (non-hydrogen) atoms. The molecule has 2 fully saturated rings. The van der Waals surface area contributed by atoms with Crippen LogP contribution >= 0.6 is 0 Å². The van der Waals surface area contributed by atoms with Gasteiger partial charge in [-0.2, -0.15) is 0 Å². The molecule has 2 unspecified atom stereocenters. The molecule has 1 aliphatic heterocycles. The molecule has 64 valence electrons. The fraction of sp³-hybridized carbons (Fsp3) is 1.00. The van der Waals surface area contributed by atoms with Gasteiger partial charge in [-0.1, -0.05) is 13.8 Å². The Kier molecular flexibility index (Phi) is 1.71. The van der Waals surface area contributed by atoms with Gasteiger partial charge in [0.05, 0.1) is 6.61 Å². The van der Waals surface area contributed by atoms with Crippen LogP contribution in [0.25, 0.3) is 0 Å². The molecule has 1 aliphatic carbocycles. The maximum absolute atomic E-state index is 5.62. The zero-order valence-corrected chi connectivity index (χ0v) is 7.60. The predicted octanol–water partition coefficient (Wildman–Crippen LogP) is 2.46. The second kappa shape index (κ2) is 2.48. The van der Waals surface area contributed by atoms with Gasteiger partial charge in [-0.25, -0.2) is 0 Å². The molecule has 2 rings (SSSR count). The highest BCUT2D eigenvalue weighted by Crippen LogP contribution is 2.49. The Morgan fingerprint density at radius 1 is 1.45 bits per heavy atom. The van der Waals surface area contributed by atoms with Gasteiger partial charge in [0.15, 0.2) is 0 Å². The first-order valence-electron chi connectivity index (χ1n) is 4.81. The molecule has 1 saturated carbocycles. The summed E-state index contributed by atoms with van der Waals surface area (Å²) in [5, 5.41) is 0. The van der Waals surface area contributed by atoms with E-state index in [1.165, 1.54) is 19.3 Å². The van der Waals surface area contributed by atoms with E-state index in [1.54, 1.807) is 0 Å². The van der Waals surface area contributed by atoms with E-state index in [0.29, 0.717) is 5.41 Å². The van der Waals surface area contributed by atoms with Crippen LogP contribution in [0.3, 0.4) is 0 Å². The first kappa shape index (κ1) is 7.60. The van der Waals surface area contributed by atoms with Crippen molar-refractivity contribution in [1.29, 1.82) is 0 Å². The summed E-state index contributed by atoms with van der Waals surface area (Å²) in [6, 6.07) is 0. The van der Waals surface area contributed by atoms with E-state index >= 15 is 0 Å². The summed E-state index contributed by atoms with van der Waals surface area (Å²) in [5.41, 5.74) is 0.572. The van der Waals surface area contributed by atoms with E-state index in [1.807, 2.05) is 0 Å². The fourth-order valence-electron chi connectivity index (χ4n) is 2.66. The Balaban J connectivity index is 2.13. The first-order chi connectivity index (χ1) is 5.23. The zero-order valence-electron chi connectivity index (χ0n) is 7.60. The van der Waals surface area contributed by atoms with Crippen molar-refractivity contribution in [3.63, 3.8) is 0 Å². The lowest BCUT2D eigenvalue weighted by molar-refractivity contribution is -0.0282. The molecule has 1 nitrogen and oxygen atoms in total. The van der Waals surface area contributed by atoms with Gasteiger partial charge in [0.25, 0.3) is 0 Å². The van der Waals surface area contributed by atoms with Crippen molar-refractivity contribution in [3.8, 4) is 0 Å². The average Bonchev–Trinajstić information content (AvgIpc) is 2.29. The molecule has 0 aromatic rings. The molecule has 0 spiro atoms. The number of hydrogen-bond donors (Lipinski definition) is 0. The minimum atomic E-state index is 0.572. The van der Waals surface area contributed by atoms with Gasteiger partial charge in [0.1, 0.15) is 0 Å². The summed E-state index contributed by atoms with van der Waals surface area (Å²) >= 11 is 0. The highest BCUT2D eigenvalue weighted by Gasteiger charge is 2.44. The standard InChI is InChI=1S/C10H18O/c1-8(2)10-4-3-9(5-10)6-11-7-10/h8-9H,3-7H2,1-2H3. The molecule has 1 heteroatoms. The summed E-state index contributed by atoms with van der Waals surface area (Å²) in [6.45, 7) is 6.75. The number of fused-ring (bicyclic) bond motifs is 2. The summed E-state index contributed by atoms with van der Waals surface area (Å²) in [4.78, 5) is 0. The second-order valence-corrected chi connectivity index (χ2v) is 4.64. The van der Waals surface area contributed by atoms with Crippen LogP contribution in [-0.4, -0.2) is 13.2 Å². The quantitative estimate of drug-likeness (QED) is 0.563. The SMILES string of the molecule is CC(C)C12CCC(COC1)C2. The van der Waals surface area contributed by atoms with Crippen LogP contribution in [0.1, 0.15) is 33.1 Å². The molecular weight excluding hydrogens is 136 g/mol. The van der Waals surface area contributed by atoms with Gasteiger partial charge in [-0.15, -0.1) is 0 Å². The monoisotopic (exact) mass is 154 g/mol. The fourth-order valence-corrected chi connectivity index (χ4v) is 2.66. The Labute approximate surface area is 69.1 Å². The van der Waals surface area contributed by atoms with Gasteiger partial charge in [-0.3, -0.25) is 0 Å². The molecular formula is C10H18O. The van der Waals surface area contributed by atoms with E-state index in [4.69, 9.17) is 4.74 Å². The smallest absolute Gasteiger partial charge is 0.0525 e. The first-order valence-corrected chi connectivity index (χ1v) is 4.81. The molecule has 0 N–H and O–H groups in total. The van der Waals surface area contributed by atoms with Crippen LogP contribution in [0.4, 0.5) is 0 Å². The second-order valence-electron chi connectivity index (χ2n) is 4.64. The van der Waals surface area contributed by atoms with Crippen molar-refractivity contribution in [2.75, 3.05) is 13.2 Å². The van der Waals surface area contributed by atoms with E-state index < -0.39 is 0 Å². The van der Waals surface area contributed by atoms with Crippen molar-refractivity contribution in [2.45, 2.75) is 33.1 Å². The molecule has 0 aromatic heterocycles. The van der Waals surface area contributed by atoms with Crippen LogP contribution in [0.15, 0.2) is 0 Å². The average molecular weight is 154 g/mol. The Hall–Kier alpha value is -0.0400. The molecule has 1 heterocycles. The molecule has 2 atom stereocenters. The molecule has 2 aliphatic rings. The van der Waals surface area contributed by atoms with Gasteiger partial charge < -0.3 is 4.74 Å². The van der Waals surface area contributed by atoms with E-state index in [-0.39, 0.29) is 0 Å². The Morgan fingerprint density at radius 2 is 2.27 bits per heavy atom. The maximum Gasteiger partial charge on any atom is 0.0525 e. The van der Waals surface area contributed by atoms with Gasteiger partial charge in [0, 0.05) is 6.61 Å². The minimum Gasteiger partial charge on any atom is -0.381 e. The van der Waals surface area contributed by atoms with Crippen LogP contribution in [-0.2, 0) is 4.74 Å². The predicted molar refractivity (Wildman–Crippen MR) is 45.4 cm³/mol. The molecule has 0 amide bonds. The normalized spacial score (nSPS) is 43.4. The highest BCUT2D eigenvalue weighted by atomic mass is 16.5. The van der Waals surface area contributed by atoms with Crippen LogP contribution in [0, 0.1) is 17.3 Å². The summed E-state index contributed by atoms with van der Waals surface area (Å²) in [7, 11) is 0. The molecule has 1 saturated heterocycles. The van der Waals surface area contributed by atoms with Crippen LogP contribution < -0.4 is 0 Å². The summed E-state index contributed by atoms with van der Waals surface area (Å²) in [5.74, 6) is 1.71. The lowest BCUT2D eigenvalue weighted by atomic mass is 9.75. The van der Waals surface area contributed by atoms with Crippen molar-refractivity contribution >= 4 is 0 Å². The third-order valence-electron chi connectivity index (χ3n) is 3.71. The number of hydrogen-bond acceptors (Lipinski definition) is 1. The van der Waals surface area contributed by atoms with Crippen LogP contribution in [0.2, 0.25) is 0 Å². The summed E-state index contributed by atoms with van der Waals surface area (Å²) in [6.07, 6.45) is 4.26. The van der Waals surface area contributed by atoms with Crippen molar-refractivity contribution in [3.05, 3.63) is 0 Å². The minimum absolute atomic E-state index is 0.572. The third kappa shape index (κ3) is 1.10. The van der Waals surface area contributed by atoms with Crippen LogP contribution in [0.5, 0.6) is 0 Å². The molecule has 0 radical (unpaired) electrons. The van der Waals surface area contributed by atoms with Gasteiger partial charge in [0.2, 0.25) is 0 Å². The highest BCUT2D eigenvalue weighted by molar-refractivity contribution is 4.93. The molecule has 2 bridgehead atoms. The number of rotatable bonds is 1. The third-order valence-corrected chi connectivity index (χ3v) is 3.71. The van der Waals surface area contributed by atoms with Crippen molar-refractivity contribution in [2.24, 2.45) is 17.3 Å². The van der Waals surface area contributed by atoms with Gasteiger partial charge in [-0.05, 0) is 36.5 Å². The van der Waals surface area contributed by atoms with E-state index in [0.717, 1.165) is 25.0 Å². The maximum atomic E-state index is 5.62. The largest absolute Gasteiger partial charge is 0.381 e. The van der Waals surface area contributed by atoms with E-state index in [9.17, 15) is 0 Å². The topological polar surface area (TPSA) is 9.23 Å². The lowest BCUT2D eigenvalue weighted by Gasteiger charge is -2.36. The lowest BCUT2D eigenvalue weighted by Crippen LogP contribution is -2.34. The Morgan fingerprint density at radius 3 is 2.91 bits per heavy atom. The molecule has 0 aromatic carbocycles. The Bertz CT molecular complexity index is 149. The van der Waals surface area contributed by atoms with Crippen molar-refractivity contribution < 1.29 is 4.74 Å². The van der Waals surface area contributed by atoms with Crippen molar-refractivity contribution in [1.82, 2.24) is 0 Å². The van der Waals surface area contributed by atoms with Gasteiger partial charge >= 0.3 is 0 Å². The van der Waals surface area contributed by atoms with E-state index in [2.05, 4.69) is 13.8 Å². The summed E-state index contributed by atoms with van der Waals surface area (Å²) < 4.78 is 5.62. The number of ether oxygens (including phenoxy) is 1.